The fraction of sp³-hybridized carbons (Fsp3) is 0.533. The lowest BCUT2D eigenvalue weighted by molar-refractivity contribution is -0.139. The fourth-order valence-corrected chi connectivity index (χ4v) is 2.68. The highest BCUT2D eigenvalue weighted by Gasteiger charge is 2.26. The molecule has 1 fully saturated rings. The van der Waals surface area contributed by atoms with Crippen LogP contribution in [-0.2, 0) is 4.79 Å². The van der Waals surface area contributed by atoms with Crippen LogP contribution in [0.1, 0.15) is 19.8 Å². The van der Waals surface area contributed by atoms with Gasteiger partial charge in [-0.05, 0) is 51.1 Å². The first-order valence-electron chi connectivity index (χ1n) is 7.08. The van der Waals surface area contributed by atoms with Crippen LogP contribution in [0.4, 0.5) is 4.39 Å². The lowest BCUT2D eigenvalue weighted by atomic mass is 10.0. The third-order valence-electron chi connectivity index (χ3n) is 3.75. The number of amides is 1. The largest absolute Gasteiger partial charge is 0.479 e. The molecule has 0 spiro atoms. The van der Waals surface area contributed by atoms with E-state index in [1.807, 2.05) is 0 Å². The number of hydrogen-bond acceptors (Lipinski definition) is 3. The number of ether oxygens (including phenoxy) is 1. The second-order valence-electron chi connectivity index (χ2n) is 5.27. The molecule has 1 N–H and O–H groups in total. The van der Waals surface area contributed by atoms with Gasteiger partial charge in [-0.1, -0.05) is 11.6 Å². The summed E-state index contributed by atoms with van der Waals surface area (Å²) in [7, 11) is 1.80. The van der Waals surface area contributed by atoms with Crippen LogP contribution < -0.4 is 10.1 Å². The highest BCUT2D eigenvalue weighted by molar-refractivity contribution is 6.32. The van der Waals surface area contributed by atoms with Crippen LogP contribution in [0.2, 0.25) is 5.02 Å². The number of halogens is 2. The molecule has 1 aliphatic rings. The van der Waals surface area contributed by atoms with Gasteiger partial charge in [0, 0.05) is 13.1 Å². The predicted molar refractivity (Wildman–Crippen MR) is 80.2 cm³/mol. The van der Waals surface area contributed by atoms with Crippen LogP contribution in [0.15, 0.2) is 18.2 Å². The zero-order valence-corrected chi connectivity index (χ0v) is 13.0. The van der Waals surface area contributed by atoms with Crippen LogP contribution in [-0.4, -0.2) is 43.1 Å². The number of piperidine rings is 1. The number of carbonyl (C=O) groups is 1. The van der Waals surface area contributed by atoms with Crippen molar-refractivity contribution in [2.24, 2.45) is 0 Å². The normalized spacial score (nSPS) is 17.3. The summed E-state index contributed by atoms with van der Waals surface area (Å²) >= 11 is 5.91. The molecule has 116 valence electrons. The minimum Gasteiger partial charge on any atom is -0.479 e. The summed E-state index contributed by atoms with van der Waals surface area (Å²) in [5.74, 6) is -0.210. The molecule has 0 aliphatic carbocycles. The number of nitrogens with one attached hydrogen (secondary N) is 1. The Labute approximate surface area is 129 Å². The average molecular weight is 315 g/mol. The van der Waals surface area contributed by atoms with E-state index in [0.717, 1.165) is 25.9 Å². The average Bonchev–Trinajstić information content (AvgIpc) is 2.49. The van der Waals surface area contributed by atoms with Crippen molar-refractivity contribution in [3.63, 3.8) is 0 Å². The molecule has 1 aromatic rings. The molecule has 0 saturated carbocycles. The lowest BCUT2D eigenvalue weighted by Gasteiger charge is -2.33. The zero-order valence-electron chi connectivity index (χ0n) is 12.2. The molecular weight excluding hydrogens is 295 g/mol. The first-order chi connectivity index (χ1) is 9.99. The third kappa shape index (κ3) is 4.08. The number of carbonyl (C=O) groups excluding carboxylic acids is 1. The van der Waals surface area contributed by atoms with Gasteiger partial charge in [0.1, 0.15) is 11.6 Å². The molecule has 0 bridgehead atoms. The Morgan fingerprint density at radius 1 is 1.48 bits per heavy atom. The van der Waals surface area contributed by atoms with E-state index in [0.29, 0.717) is 5.75 Å². The maximum atomic E-state index is 13.0. The van der Waals surface area contributed by atoms with Crippen molar-refractivity contribution in [3.8, 4) is 5.75 Å². The quantitative estimate of drug-likeness (QED) is 0.928. The number of hydrogen-bond donors (Lipinski definition) is 1. The zero-order chi connectivity index (χ0) is 15.4. The van der Waals surface area contributed by atoms with E-state index in [9.17, 15) is 9.18 Å². The van der Waals surface area contributed by atoms with E-state index in [1.54, 1.807) is 18.9 Å². The predicted octanol–water partition coefficient (Wildman–Crippen LogP) is 2.46. The van der Waals surface area contributed by atoms with Crippen molar-refractivity contribution in [2.45, 2.75) is 31.9 Å². The highest BCUT2D eigenvalue weighted by atomic mass is 35.5. The molecule has 0 radical (unpaired) electrons. The fourth-order valence-electron chi connectivity index (χ4n) is 2.47. The van der Waals surface area contributed by atoms with E-state index in [1.165, 1.54) is 18.2 Å². The standard InChI is InChI=1S/C15H20ClFN2O2/c1-10(21-14-4-3-11(17)9-13(14)16)15(20)19(2)12-5-7-18-8-6-12/h3-4,9-10,12,18H,5-8H2,1-2H3/t10-/m0/s1. The molecule has 1 aromatic carbocycles. The number of benzene rings is 1. The second-order valence-corrected chi connectivity index (χ2v) is 5.67. The van der Waals surface area contributed by atoms with Gasteiger partial charge in [-0.15, -0.1) is 0 Å². The molecule has 1 heterocycles. The molecule has 6 heteroatoms. The van der Waals surface area contributed by atoms with E-state index < -0.39 is 11.9 Å². The Kier molecular flexibility index (Phi) is 5.42. The van der Waals surface area contributed by atoms with Crippen LogP contribution in [0.25, 0.3) is 0 Å². The van der Waals surface area contributed by atoms with E-state index in [2.05, 4.69) is 5.32 Å². The Balaban J connectivity index is 1.98. The first-order valence-corrected chi connectivity index (χ1v) is 7.46. The molecule has 0 unspecified atom stereocenters. The van der Waals surface area contributed by atoms with Gasteiger partial charge < -0.3 is 15.0 Å². The summed E-state index contributed by atoms with van der Waals surface area (Å²) < 4.78 is 18.6. The van der Waals surface area contributed by atoms with Crippen molar-refractivity contribution in [1.29, 1.82) is 0 Å². The molecule has 21 heavy (non-hydrogen) atoms. The van der Waals surface area contributed by atoms with E-state index in [4.69, 9.17) is 16.3 Å². The summed E-state index contributed by atoms with van der Waals surface area (Å²) in [5, 5.41) is 3.43. The van der Waals surface area contributed by atoms with Crippen molar-refractivity contribution in [1.82, 2.24) is 10.2 Å². The van der Waals surface area contributed by atoms with Gasteiger partial charge in [-0.2, -0.15) is 0 Å². The van der Waals surface area contributed by atoms with Gasteiger partial charge in [-0.25, -0.2) is 4.39 Å². The van der Waals surface area contributed by atoms with Crippen molar-refractivity contribution < 1.29 is 13.9 Å². The Bertz CT molecular complexity index is 506. The Hall–Kier alpha value is -1.33. The monoisotopic (exact) mass is 314 g/mol. The summed E-state index contributed by atoms with van der Waals surface area (Å²) in [6.07, 6.45) is 1.21. The maximum Gasteiger partial charge on any atom is 0.263 e. The van der Waals surface area contributed by atoms with Crippen LogP contribution in [0.3, 0.4) is 0 Å². The smallest absolute Gasteiger partial charge is 0.263 e. The third-order valence-corrected chi connectivity index (χ3v) is 4.04. The van der Waals surface area contributed by atoms with Gasteiger partial charge in [0.25, 0.3) is 5.91 Å². The minimum absolute atomic E-state index is 0.0951. The van der Waals surface area contributed by atoms with Gasteiger partial charge in [0.15, 0.2) is 6.10 Å². The van der Waals surface area contributed by atoms with Gasteiger partial charge in [0.2, 0.25) is 0 Å². The molecule has 0 aromatic heterocycles. The van der Waals surface area contributed by atoms with Crippen LogP contribution in [0, 0.1) is 5.82 Å². The van der Waals surface area contributed by atoms with Gasteiger partial charge >= 0.3 is 0 Å². The molecule has 1 saturated heterocycles. The SMILES string of the molecule is C[C@H](Oc1ccc(F)cc1Cl)C(=O)N(C)C1CCNCC1. The Morgan fingerprint density at radius 3 is 2.76 bits per heavy atom. The van der Waals surface area contributed by atoms with Crippen molar-refractivity contribution >= 4 is 17.5 Å². The van der Waals surface area contributed by atoms with Crippen molar-refractivity contribution in [3.05, 3.63) is 29.0 Å². The molecule has 4 nitrogen and oxygen atoms in total. The molecule has 1 atom stereocenters. The molecular formula is C15H20ClFN2O2. The van der Waals surface area contributed by atoms with Gasteiger partial charge in [0.05, 0.1) is 5.02 Å². The van der Waals surface area contributed by atoms with Crippen LogP contribution in [0.5, 0.6) is 5.75 Å². The number of rotatable bonds is 4. The Morgan fingerprint density at radius 2 is 2.14 bits per heavy atom. The first kappa shape index (κ1) is 16.0. The van der Waals surface area contributed by atoms with Crippen molar-refractivity contribution in [2.75, 3.05) is 20.1 Å². The second kappa shape index (κ2) is 7.09. The van der Waals surface area contributed by atoms with E-state index >= 15 is 0 Å². The summed E-state index contributed by atoms with van der Waals surface area (Å²) in [5.41, 5.74) is 0. The number of likely N-dealkylation sites (N-methyl/N-ethyl adjacent to an activating group) is 1. The lowest BCUT2D eigenvalue weighted by Crippen LogP contribution is -2.48. The van der Waals surface area contributed by atoms with E-state index in [-0.39, 0.29) is 17.0 Å². The maximum absolute atomic E-state index is 13.0. The molecule has 1 aliphatic heterocycles. The minimum atomic E-state index is -0.659. The van der Waals surface area contributed by atoms with Crippen LogP contribution >= 0.6 is 11.6 Å². The topological polar surface area (TPSA) is 41.6 Å². The highest BCUT2D eigenvalue weighted by Crippen LogP contribution is 2.26. The molecule has 1 amide bonds. The summed E-state index contributed by atoms with van der Waals surface area (Å²) in [4.78, 5) is 14.1. The van der Waals surface area contributed by atoms with Gasteiger partial charge in [-0.3, -0.25) is 4.79 Å². The number of nitrogens with zero attached hydrogens (tertiary/aromatic N) is 1. The summed E-state index contributed by atoms with van der Waals surface area (Å²) in [6.45, 7) is 3.52. The molecule has 2 rings (SSSR count). The summed E-state index contributed by atoms with van der Waals surface area (Å²) in [6, 6.07) is 4.10.